The van der Waals surface area contributed by atoms with Crippen LogP contribution in [0.5, 0.6) is 5.75 Å². The summed E-state index contributed by atoms with van der Waals surface area (Å²) >= 11 is 0. The van der Waals surface area contributed by atoms with Gasteiger partial charge in [-0.05, 0) is 56.4 Å². The largest absolute Gasteiger partial charge is 0.490 e. The molecule has 3 heterocycles. The van der Waals surface area contributed by atoms with Crippen molar-refractivity contribution in [3.8, 4) is 5.75 Å². The summed E-state index contributed by atoms with van der Waals surface area (Å²) in [6.07, 6.45) is 3.86. The molecule has 162 valence electrons. The first-order valence-corrected chi connectivity index (χ1v) is 10.9. The van der Waals surface area contributed by atoms with Crippen LogP contribution in [0.2, 0.25) is 0 Å². The number of hydrogen-bond acceptors (Lipinski definition) is 3. The topological polar surface area (TPSA) is 25.4 Å². The lowest BCUT2D eigenvalue weighted by atomic mass is 9.98. The molecular formula is C24H29F3N2O. The van der Waals surface area contributed by atoms with Gasteiger partial charge in [-0.3, -0.25) is 0 Å². The van der Waals surface area contributed by atoms with Crippen LogP contribution in [0.1, 0.15) is 62.1 Å². The predicted octanol–water partition coefficient (Wildman–Crippen LogP) is 6.33. The predicted molar refractivity (Wildman–Crippen MR) is 112 cm³/mol. The van der Waals surface area contributed by atoms with Gasteiger partial charge in [0.25, 0.3) is 0 Å². The molecule has 3 atom stereocenters. The molecule has 2 aliphatic rings. The summed E-state index contributed by atoms with van der Waals surface area (Å²) in [5, 5.41) is 0. The van der Waals surface area contributed by atoms with Crippen molar-refractivity contribution in [2.75, 3.05) is 4.90 Å². The highest BCUT2D eigenvalue weighted by atomic mass is 19.4. The summed E-state index contributed by atoms with van der Waals surface area (Å²) in [4.78, 5) is 6.36. The second-order valence-electron chi connectivity index (χ2n) is 8.62. The lowest BCUT2D eigenvalue weighted by molar-refractivity contribution is -0.137. The summed E-state index contributed by atoms with van der Waals surface area (Å²) in [5.41, 5.74) is 1.82. The van der Waals surface area contributed by atoms with E-state index >= 15 is 0 Å². The van der Waals surface area contributed by atoms with Gasteiger partial charge in [0.2, 0.25) is 0 Å². The molecule has 0 spiro atoms. The maximum atomic E-state index is 12.9. The van der Waals surface area contributed by atoms with E-state index in [2.05, 4.69) is 41.9 Å². The second-order valence-corrected chi connectivity index (χ2v) is 8.62. The zero-order valence-corrected chi connectivity index (χ0v) is 17.6. The van der Waals surface area contributed by atoms with E-state index in [9.17, 15) is 13.2 Å². The number of ether oxygens (including phenoxy) is 1. The van der Waals surface area contributed by atoms with Crippen LogP contribution >= 0.6 is 0 Å². The Bertz CT molecular complexity index is 852. The van der Waals surface area contributed by atoms with Gasteiger partial charge in [-0.1, -0.05) is 31.0 Å². The van der Waals surface area contributed by atoms with Gasteiger partial charge >= 0.3 is 6.18 Å². The van der Waals surface area contributed by atoms with Crippen LogP contribution in [0.4, 0.5) is 19.0 Å². The smallest absolute Gasteiger partial charge is 0.417 e. The van der Waals surface area contributed by atoms with Crippen LogP contribution in [-0.4, -0.2) is 23.2 Å². The number of aromatic nitrogens is 1. The third kappa shape index (κ3) is 4.42. The maximum Gasteiger partial charge on any atom is 0.417 e. The molecule has 30 heavy (non-hydrogen) atoms. The molecule has 2 aromatic rings. The van der Waals surface area contributed by atoms with E-state index in [1.807, 2.05) is 0 Å². The Morgan fingerprint density at radius 2 is 1.83 bits per heavy atom. The van der Waals surface area contributed by atoms with E-state index in [1.165, 1.54) is 17.2 Å². The van der Waals surface area contributed by atoms with Crippen molar-refractivity contribution in [3.05, 3.63) is 53.2 Å². The molecular weight excluding hydrogens is 389 g/mol. The highest BCUT2D eigenvalue weighted by Crippen LogP contribution is 2.41. The summed E-state index contributed by atoms with van der Waals surface area (Å²) in [6, 6.07) is 9.59. The first kappa shape index (κ1) is 21.0. The summed E-state index contributed by atoms with van der Waals surface area (Å²) in [5.74, 6) is 1.63. The van der Waals surface area contributed by atoms with Crippen LogP contribution < -0.4 is 9.64 Å². The maximum absolute atomic E-state index is 12.9. The zero-order chi connectivity index (χ0) is 21.3. The molecule has 1 aromatic carbocycles. The summed E-state index contributed by atoms with van der Waals surface area (Å²) < 4.78 is 45.0. The molecule has 0 radical (unpaired) electrons. The number of nitrogens with zero attached hydrogens (tertiary/aromatic N) is 2. The second kappa shape index (κ2) is 8.48. The number of aryl methyl sites for hydroxylation is 2. The van der Waals surface area contributed by atoms with E-state index in [4.69, 9.17) is 4.74 Å². The number of hydrogen-bond donors (Lipinski definition) is 0. The molecule has 2 saturated heterocycles. The molecule has 1 aromatic heterocycles. The average Bonchev–Trinajstić information content (AvgIpc) is 2.98. The van der Waals surface area contributed by atoms with Crippen molar-refractivity contribution in [2.45, 2.75) is 83.2 Å². The molecule has 0 saturated carbocycles. The lowest BCUT2D eigenvalue weighted by Gasteiger charge is -2.40. The molecule has 2 fully saturated rings. The van der Waals surface area contributed by atoms with E-state index < -0.39 is 11.7 Å². The van der Waals surface area contributed by atoms with Gasteiger partial charge in [0.1, 0.15) is 17.7 Å². The zero-order valence-electron chi connectivity index (χ0n) is 17.6. The number of fused-ring (bicyclic) bond motifs is 2. The Morgan fingerprint density at radius 1 is 1.10 bits per heavy atom. The number of halogens is 3. The Balaban J connectivity index is 1.46. The van der Waals surface area contributed by atoms with Gasteiger partial charge < -0.3 is 9.64 Å². The van der Waals surface area contributed by atoms with Crippen LogP contribution in [0.25, 0.3) is 0 Å². The van der Waals surface area contributed by atoms with Gasteiger partial charge in [0.15, 0.2) is 0 Å². The highest BCUT2D eigenvalue weighted by Gasteiger charge is 2.42. The van der Waals surface area contributed by atoms with E-state index in [-0.39, 0.29) is 18.2 Å². The number of anilines is 1. The molecule has 0 aliphatic carbocycles. The summed E-state index contributed by atoms with van der Waals surface area (Å²) in [6.45, 7) is 4.30. The third-order valence-corrected chi connectivity index (χ3v) is 6.34. The molecule has 3 nitrogen and oxygen atoms in total. The summed E-state index contributed by atoms with van der Waals surface area (Å²) in [7, 11) is 0. The Hall–Kier alpha value is -2.24. The molecule has 1 unspecified atom stereocenters. The van der Waals surface area contributed by atoms with Crippen LogP contribution in [0.3, 0.4) is 0 Å². The van der Waals surface area contributed by atoms with Crippen molar-refractivity contribution >= 4 is 5.82 Å². The fraction of sp³-hybridized carbons (Fsp3) is 0.542. The number of alkyl halides is 3. The van der Waals surface area contributed by atoms with Gasteiger partial charge in [0, 0.05) is 31.1 Å². The Morgan fingerprint density at radius 3 is 2.43 bits per heavy atom. The Labute approximate surface area is 176 Å². The normalized spacial score (nSPS) is 23.6. The van der Waals surface area contributed by atoms with Crippen molar-refractivity contribution in [1.82, 2.24) is 4.98 Å². The van der Waals surface area contributed by atoms with Crippen molar-refractivity contribution < 1.29 is 17.9 Å². The highest BCUT2D eigenvalue weighted by molar-refractivity contribution is 5.45. The average molecular weight is 419 g/mol. The quantitative estimate of drug-likeness (QED) is 0.548. The van der Waals surface area contributed by atoms with Gasteiger partial charge in [-0.25, -0.2) is 4.98 Å². The minimum Gasteiger partial charge on any atom is -0.490 e. The van der Waals surface area contributed by atoms with Crippen LogP contribution in [0, 0.1) is 6.92 Å². The lowest BCUT2D eigenvalue weighted by Crippen LogP contribution is -2.46. The van der Waals surface area contributed by atoms with E-state index in [1.54, 1.807) is 0 Å². The first-order chi connectivity index (χ1) is 14.3. The van der Waals surface area contributed by atoms with E-state index in [0.29, 0.717) is 5.82 Å². The first-order valence-electron chi connectivity index (χ1n) is 10.9. The fourth-order valence-corrected chi connectivity index (χ4v) is 4.87. The minimum atomic E-state index is -4.35. The SMILES string of the molecule is CCCCc1cc(C)ccc1OC1C[C@H]2CC[C@@H](C1)N2c1ccc(C(F)(F)F)cn1. The molecule has 0 N–H and O–H groups in total. The fourth-order valence-electron chi connectivity index (χ4n) is 4.87. The van der Waals surface area contributed by atoms with Crippen molar-refractivity contribution in [1.29, 1.82) is 0 Å². The monoisotopic (exact) mass is 418 g/mol. The van der Waals surface area contributed by atoms with E-state index in [0.717, 1.165) is 63.0 Å². The van der Waals surface area contributed by atoms with Gasteiger partial charge in [-0.2, -0.15) is 13.2 Å². The standard InChI is InChI=1S/C24H29F3N2O/c1-3-4-5-17-12-16(2)6-10-22(17)30-21-13-19-8-9-20(14-21)29(19)23-11-7-18(15-28-23)24(25,26)27/h6-7,10-12,15,19-21H,3-5,8-9,13-14H2,1-2H3/t19-,20+,21?. The van der Waals surface area contributed by atoms with Gasteiger partial charge in [-0.15, -0.1) is 0 Å². The number of rotatable bonds is 6. The van der Waals surface area contributed by atoms with Crippen molar-refractivity contribution in [2.24, 2.45) is 0 Å². The molecule has 0 amide bonds. The number of benzene rings is 1. The molecule has 2 bridgehead atoms. The molecule has 2 aliphatic heterocycles. The Kier molecular flexibility index (Phi) is 5.94. The number of pyridine rings is 1. The number of piperidine rings is 1. The minimum absolute atomic E-state index is 0.135. The van der Waals surface area contributed by atoms with Crippen LogP contribution in [0.15, 0.2) is 36.5 Å². The van der Waals surface area contributed by atoms with Gasteiger partial charge in [0.05, 0.1) is 5.56 Å². The third-order valence-electron chi connectivity index (χ3n) is 6.34. The molecule has 6 heteroatoms. The van der Waals surface area contributed by atoms with Crippen LogP contribution in [-0.2, 0) is 12.6 Å². The number of unbranched alkanes of at least 4 members (excludes halogenated alkanes) is 1. The molecule has 4 rings (SSSR count). The van der Waals surface area contributed by atoms with Crippen molar-refractivity contribution in [3.63, 3.8) is 0 Å².